The number of aliphatic hydroxyl groups excluding tert-OH is 2. The highest BCUT2D eigenvalue weighted by molar-refractivity contribution is 5.93. The molecular formula is C74H142N8O13. The zero-order chi connectivity index (χ0) is 73.1. The molecule has 1 saturated heterocycles. The van der Waals surface area contributed by atoms with Gasteiger partial charge in [-0.2, -0.15) is 0 Å². The summed E-state index contributed by atoms with van der Waals surface area (Å²) in [6, 6.07) is -0.677. The molecule has 4 atom stereocenters. The Kier molecular flexibility index (Phi) is 55.3. The standard InChI is InChI=1S/C67H124N8O13.C3H8.C2H6.C2H4/c1-16-25-31-53(21-6)39-71(43-58(78)68-52(10)20-5)61(81)44-69(35-29-37-76)59(79)46-72(40-54(22-7)32-26-17-2)63(83)48-73(41-55(23-8)33-27-18-3)62(82)45-70(36-30-38-77)60(80)47-74(42-56(24-9)34-28-19-4)64(84)49-75(65(85)88-66(11,12)13)57-50-86-67(14,15)87-51-57;1-3-2;2*1-2/h20,53-57,76-77H,16-19,21-51H2,1-15H3,(H,68,78);3H2,1-2H3;1-2H3;1-2H2/b52-20+;;;. The highest BCUT2D eigenvalue weighted by Crippen LogP contribution is 2.24. The van der Waals surface area contributed by atoms with Crippen molar-refractivity contribution < 1.29 is 62.8 Å². The molecule has 1 aliphatic rings. The number of carbonyl (C=O) groups is 8. The summed E-state index contributed by atoms with van der Waals surface area (Å²) in [5.41, 5.74) is -0.249. The van der Waals surface area contributed by atoms with Gasteiger partial charge in [-0.1, -0.05) is 173 Å². The number of ether oxygens (including phenoxy) is 3. The van der Waals surface area contributed by atoms with Gasteiger partial charge < -0.3 is 59.1 Å². The molecule has 0 bridgehead atoms. The van der Waals surface area contributed by atoms with Gasteiger partial charge in [-0.05, 0) is 111 Å². The summed E-state index contributed by atoms with van der Waals surface area (Å²) >= 11 is 0. The van der Waals surface area contributed by atoms with Crippen LogP contribution in [-0.4, -0.2) is 221 Å². The van der Waals surface area contributed by atoms with Crippen LogP contribution in [0.15, 0.2) is 24.9 Å². The van der Waals surface area contributed by atoms with E-state index in [-0.39, 0.29) is 115 Å². The van der Waals surface area contributed by atoms with Gasteiger partial charge in [-0.15, -0.1) is 13.2 Å². The van der Waals surface area contributed by atoms with Gasteiger partial charge in [0.05, 0.1) is 58.5 Å². The summed E-state index contributed by atoms with van der Waals surface area (Å²) in [6.07, 6.45) is 16.1. The van der Waals surface area contributed by atoms with Crippen molar-refractivity contribution in [3.8, 4) is 0 Å². The molecule has 556 valence electrons. The highest BCUT2D eigenvalue weighted by Gasteiger charge is 2.39. The summed E-state index contributed by atoms with van der Waals surface area (Å²) in [4.78, 5) is 127. The molecule has 0 saturated carbocycles. The molecule has 21 nitrogen and oxygen atoms in total. The van der Waals surface area contributed by atoms with Crippen molar-refractivity contribution in [3.05, 3.63) is 24.9 Å². The van der Waals surface area contributed by atoms with Crippen molar-refractivity contribution in [1.29, 1.82) is 0 Å². The molecule has 0 spiro atoms. The second-order valence-corrected chi connectivity index (χ2v) is 26.6. The Labute approximate surface area is 578 Å². The number of amides is 8. The smallest absolute Gasteiger partial charge is 0.411 e. The summed E-state index contributed by atoms with van der Waals surface area (Å²) in [6.45, 7) is 40.9. The van der Waals surface area contributed by atoms with E-state index in [9.17, 15) is 39.0 Å². The van der Waals surface area contributed by atoms with Gasteiger partial charge in [0, 0.05) is 58.2 Å². The SMILES string of the molecule is C/C=C(\C)NC(=O)CN(CC(CC)CCCC)C(=O)CN(CCCO)C(=O)CN(CC(CC)CCCC)C(=O)CN(CC(CC)CCCC)C(=O)CN(CCCO)C(=O)CN(CC(CC)CCCC)C(=O)CN(C(=O)OC(C)(C)C)C1COC(C)(C)OC1.C=C.CC.CCC. The first kappa shape index (κ1) is 94.1. The lowest BCUT2D eigenvalue weighted by Gasteiger charge is -2.41. The van der Waals surface area contributed by atoms with Gasteiger partial charge in [0.2, 0.25) is 41.4 Å². The molecule has 1 heterocycles. The van der Waals surface area contributed by atoms with E-state index >= 15 is 9.59 Å². The number of carbonyl (C=O) groups excluding carboxylic acids is 8. The van der Waals surface area contributed by atoms with E-state index in [1.54, 1.807) is 54.5 Å². The Morgan fingerprint density at radius 1 is 0.516 bits per heavy atom. The number of aliphatic hydroxyl groups is 2. The van der Waals surface area contributed by atoms with Crippen molar-refractivity contribution >= 4 is 47.4 Å². The predicted octanol–water partition coefficient (Wildman–Crippen LogP) is 12.3. The van der Waals surface area contributed by atoms with Crippen LogP contribution in [-0.2, 0) is 47.8 Å². The molecule has 0 aromatic rings. The molecule has 21 heteroatoms. The zero-order valence-electron chi connectivity index (χ0n) is 63.8. The Morgan fingerprint density at radius 3 is 1.07 bits per heavy atom. The number of allylic oxidation sites excluding steroid dienone is 2. The minimum atomic E-state index is -0.906. The zero-order valence-corrected chi connectivity index (χ0v) is 63.8. The van der Waals surface area contributed by atoms with E-state index in [2.05, 4.69) is 66.9 Å². The third kappa shape index (κ3) is 42.3. The fourth-order valence-electron chi connectivity index (χ4n) is 10.6. The van der Waals surface area contributed by atoms with E-state index in [1.165, 1.54) is 40.7 Å². The quantitative estimate of drug-likeness (QED) is 0.0481. The number of hydrogen-bond acceptors (Lipinski definition) is 13. The molecular weight excluding hydrogens is 1210 g/mol. The van der Waals surface area contributed by atoms with E-state index in [4.69, 9.17) is 14.2 Å². The monoisotopic (exact) mass is 1350 g/mol. The number of nitrogens with one attached hydrogen (secondary N) is 1. The fourth-order valence-corrected chi connectivity index (χ4v) is 10.6. The Bertz CT molecular complexity index is 2110. The highest BCUT2D eigenvalue weighted by atomic mass is 16.7. The normalized spacial score (nSPS) is 14.1. The van der Waals surface area contributed by atoms with Crippen LogP contribution in [0.25, 0.3) is 0 Å². The lowest BCUT2D eigenvalue weighted by atomic mass is 9.98. The maximum atomic E-state index is 15.2. The number of nitrogens with zero attached hydrogens (tertiary/aromatic N) is 7. The second-order valence-electron chi connectivity index (χ2n) is 26.6. The third-order valence-electron chi connectivity index (χ3n) is 16.7. The van der Waals surface area contributed by atoms with Gasteiger partial charge in [-0.3, -0.25) is 38.5 Å². The number of rotatable bonds is 46. The van der Waals surface area contributed by atoms with Crippen LogP contribution in [0.3, 0.4) is 0 Å². The molecule has 3 N–H and O–H groups in total. The van der Waals surface area contributed by atoms with Crippen LogP contribution in [0.1, 0.15) is 254 Å². The first-order valence-electron chi connectivity index (χ1n) is 36.7. The average Bonchev–Trinajstić information content (AvgIpc) is 0.852. The van der Waals surface area contributed by atoms with Crippen molar-refractivity contribution in [2.24, 2.45) is 23.7 Å². The van der Waals surface area contributed by atoms with E-state index in [1.807, 2.05) is 34.6 Å². The van der Waals surface area contributed by atoms with E-state index in [0.29, 0.717) is 31.5 Å². The molecule has 4 unspecified atom stereocenters. The molecule has 0 aromatic heterocycles. The molecule has 0 radical (unpaired) electrons. The summed E-state index contributed by atoms with van der Waals surface area (Å²) in [7, 11) is 0. The lowest BCUT2D eigenvalue weighted by Crippen LogP contribution is -2.57. The summed E-state index contributed by atoms with van der Waals surface area (Å²) in [5.74, 6) is -4.14. The maximum Gasteiger partial charge on any atom is 0.411 e. The number of unbranched alkanes of at least 4 members (excludes halogenated alkanes) is 4. The molecule has 95 heavy (non-hydrogen) atoms. The molecule has 8 amide bonds. The van der Waals surface area contributed by atoms with Gasteiger partial charge in [0.1, 0.15) is 12.1 Å². The summed E-state index contributed by atoms with van der Waals surface area (Å²) in [5, 5.41) is 23.1. The molecule has 0 aliphatic carbocycles. The largest absolute Gasteiger partial charge is 0.444 e. The third-order valence-corrected chi connectivity index (χ3v) is 16.7. The fraction of sp³-hybridized carbons (Fsp3) is 0.838. The first-order chi connectivity index (χ1) is 45.1. The van der Waals surface area contributed by atoms with Gasteiger partial charge in [0.15, 0.2) is 5.79 Å². The van der Waals surface area contributed by atoms with Crippen molar-refractivity contribution in [3.63, 3.8) is 0 Å². The molecule has 0 aromatic carbocycles. The lowest BCUT2D eigenvalue weighted by molar-refractivity contribution is -0.261. The van der Waals surface area contributed by atoms with Crippen molar-refractivity contribution in [1.82, 2.24) is 39.6 Å². The van der Waals surface area contributed by atoms with E-state index < -0.39 is 91.7 Å². The Morgan fingerprint density at radius 2 is 0.800 bits per heavy atom. The maximum absolute atomic E-state index is 15.2. The van der Waals surface area contributed by atoms with Crippen molar-refractivity contribution in [2.45, 2.75) is 271 Å². The average molecular weight is 1350 g/mol. The minimum absolute atomic E-state index is 0.00396. The Hall–Kier alpha value is -5.12. The van der Waals surface area contributed by atoms with Gasteiger partial charge in [-0.25, -0.2) is 4.79 Å². The number of hydrogen-bond donors (Lipinski definition) is 3. The van der Waals surface area contributed by atoms with Crippen LogP contribution in [0.2, 0.25) is 0 Å². The van der Waals surface area contributed by atoms with Crippen molar-refractivity contribution in [2.75, 3.05) is 112 Å². The molecule has 1 aliphatic heterocycles. The van der Waals surface area contributed by atoms with Crippen LogP contribution in [0.5, 0.6) is 0 Å². The molecule has 1 rings (SSSR count). The van der Waals surface area contributed by atoms with Crippen LogP contribution >= 0.6 is 0 Å². The van der Waals surface area contributed by atoms with Gasteiger partial charge in [0.25, 0.3) is 0 Å². The van der Waals surface area contributed by atoms with Crippen LogP contribution in [0.4, 0.5) is 4.79 Å². The summed E-state index contributed by atoms with van der Waals surface area (Å²) < 4.78 is 17.7. The van der Waals surface area contributed by atoms with Gasteiger partial charge >= 0.3 is 6.09 Å². The minimum Gasteiger partial charge on any atom is -0.444 e. The predicted molar refractivity (Wildman–Crippen MR) is 385 cm³/mol. The van der Waals surface area contributed by atoms with Crippen LogP contribution in [0, 0.1) is 23.7 Å². The van der Waals surface area contributed by atoms with E-state index in [0.717, 1.165) is 83.5 Å². The topological polar surface area (TPSA) is 239 Å². The Balaban J connectivity index is -0.0000116. The molecule has 1 fully saturated rings. The van der Waals surface area contributed by atoms with Crippen LogP contribution < -0.4 is 5.32 Å². The second kappa shape index (κ2) is 55.8. The first-order valence-corrected chi connectivity index (χ1v) is 36.7.